The summed E-state index contributed by atoms with van der Waals surface area (Å²) in [4.78, 5) is 4.61. The molecule has 4 nitrogen and oxygen atoms in total. The summed E-state index contributed by atoms with van der Waals surface area (Å²) in [6.07, 6.45) is 3.08. The van der Waals surface area contributed by atoms with Crippen LogP contribution in [0.4, 0.5) is 8.78 Å². The first kappa shape index (κ1) is 19.7. The molecule has 4 rings (SSSR count). The van der Waals surface area contributed by atoms with Gasteiger partial charge in [0.2, 0.25) is 11.8 Å². The van der Waals surface area contributed by atoms with Gasteiger partial charge in [-0.15, -0.1) is 11.8 Å². The van der Waals surface area contributed by atoms with Crippen molar-refractivity contribution in [2.75, 3.05) is 6.54 Å². The van der Waals surface area contributed by atoms with Gasteiger partial charge in [0.15, 0.2) is 5.58 Å². The Labute approximate surface area is 168 Å². The van der Waals surface area contributed by atoms with E-state index in [1.165, 1.54) is 17.3 Å². The second kappa shape index (κ2) is 7.32. The molecule has 28 heavy (non-hydrogen) atoms. The highest BCUT2D eigenvalue weighted by Gasteiger charge is 2.44. The molecule has 1 aliphatic carbocycles. The zero-order chi connectivity index (χ0) is 19.9. The second-order valence-corrected chi connectivity index (χ2v) is 10.0. The number of thioether (sulfide) groups is 1. The number of nitrogens with zero attached hydrogens (tertiary/aromatic N) is 3. The minimum atomic E-state index is -2.60. The minimum absolute atomic E-state index is 0.0409. The first-order chi connectivity index (χ1) is 13.2. The average Bonchev–Trinajstić information content (AvgIpc) is 3.27. The fourth-order valence-electron chi connectivity index (χ4n) is 3.93. The lowest BCUT2D eigenvalue weighted by Gasteiger charge is -2.39. The van der Waals surface area contributed by atoms with Crippen molar-refractivity contribution in [2.24, 2.45) is 5.10 Å². The van der Waals surface area contributed by atoms with Crippen LogP contribution in [-0.2, 0) is 11.2 Å². The Kier molecular flexibility index (Phi) is 5.14. The molecule has 1 aliphatic heterocycles. The number of hydrogen-bond donors (Lipinski definition) is 0. The SMILES string of the molecule is CC(C)(C)c1ccc2oc(CSC3CC(F)(F)CCC3N3CCC=N3)nc2c1. The highest BCUT2D eigenvalue weighted by molar-refractivity contribution is 7.99. The number of benzene rings is 1. The minimum Gasteiger partial charge on any atom is -0.440 e. The first-order valence-corrected chi connectivity index (χ1v) is 10.9. The van der Waals surface area contributed by atoms with Crippen molar-refractivity contribution in [2.45, 2.75) is 74.8 Å². The molecule has 0 bridgehead atoms. The van der Waals surface area contributed by atoms with Crippen LogP contribution in [0.3, 0.4) is 0 Å². The van der Waals surface area contributed by atoms with Crippen molar-refractivity contribution in [3.05, 3.63) is 29.7 Å². The predicted molar refractivity (Wildman–Crippen MR) is 110 cm³/mol. The fraction of sp³-hybridized carbons (Fsp3) is 0.619. The number of hydrogen-bond acceptors (Lipinski definition) is 5. The molecule has 1 aromatic carbocycles. The molecular formula is C21H27F2N3OS. The largest absolute Gasteiger partial charge is 0.440 e. The number of oxazole rings is 1. The van der Waals surface area contributed by atoms with Crippen molar-refractivity contribution < 1.29 is 13.2 Å². The Morgan fingerprint density at radius 3 is 2.86 bits per heavy atom. The van der Waals surface area contributed by atoms with Crippen LogP contribution < -0.4 is 0 Å². The van der Waals surface area contributed by atoms with Crippen LogP contribution in [-0.4, -0.2) is 40.0 Å². The topological polar surface area (TPSA) is 41.6 Å². The number of fused-ring (bicyclic) bond motifs is 1. The molecule has 0 amide bonds. The monoisotopic (exact) mass is 407 g/mol. The lowest BCUT2D eigenvalue weighted by molar-refractivity contribution is -0.0494. The third-order valence-corrected chi connectivity index (χ3v) is 6.88. The smallest absolute Gasteiger partial charge is 0.249 e. The van der Waals surface area contributed by atoms with E-state index in [0.717, 1.165) is 24.1 Å². The van der Waals surface area contributed by atoms with E-state index in [-0.39, 0.29) is 29.5 Å². The molecule has 152 valence electrons. The Bertz CT molecular complexity index is 874. The van der Waals surface area contributed by atoms with Gasteiger partial charge in [-0.3, -0.25) is 5.01 Å². The molecule has 7 heteroatoms. The van der Waals surface area contributed by atoms with Crippen LogP contribution in [0.5, 0.6) is 0 Å². The predicted octanol–water partition coefficient (Wildman–Crippen LogP) is 5.61. The second-order valence-electron chi connectivity index (χ2n) is 8.81. The summed E-state index contributed by atoms with van der Waals surface area (Å²) < 4.78 is 34.0. The van der Waals surface area contributed by atoms with E-state index in [4.69, 9.17) is 4.42 Å². The summed E-state index contributed by atoms with van der Waals surface area (Å²) in [6, 6.07) is 6.13. The Hall–Kier alpha value is -1.63. The molecular weight excluding hydrogens is 380 g/mol. The lowest BCUT2D eigenvalue weighted by atomic mass is 9.87. The zero-order valence-electron chi connectivity index (χ0n) is 16.6. The van der Waals surface area contributed by atoms with E-state index in [1.54, 1.807) is 0 Å². The molecule has 2 unspecified atom stereocenters. The molecule has 2 heterocycles. The lowest BCUT2D eigenvalue weighted by Crippen LogP contribution is -2.45. The number of hydrazone groups is 1. The standard InChI is InChI=1S/C21H27F2N3OS/c1-20(2,3)14-5-6-17-15(11-14)25-19(27-17)13-28-18-12-21(22,23)8-7-16(18)26-10-4-9-24-26/h5-6,9,11,16,18H,4,7-8,10,12-13H2,1-3H3. The third-order valence-electron chi connectivity index (χ3n) is 5.55. The summed E-state index contributed by atoms with van der Waals surface area (Å²) in [7, 11) is 0. The maximum Gasteiger partial charge on any atom is 0.249 e. The summed E-state index contributed by atoms with van der Waals surface area (Å²) in [5, 5.41) is 6.20. The van der Waals surface area contributed by atoms with Crippen molar-refractivity contribution in [3.63, 3.8) is 0 Å². The summed E-state index contributed by atoms with van der Waals surface area (Å²) >= 11 is 1.52. The van der Waals surface area contributed by atoms with Crippen LogP contribution in [0.15, 0.2) is 27.7 Å². The highest BCUT2D eigenvalue weighted by Crippen LogP contribution is 2.42. The Morgan fingerprint density at radius 1 is 1.32 bits per heavy atom. The van der Waals surface area contributed by atoms with Gasteiger partial charge in [-0.1, -0.05) is 26.8 Å². The molecule has 0 radical (unpaired) electrons. The van der Waals surface area contributed by atoms with Gasteiger partial charge >= 0.3 is 0 Å². The number of rotatable bonds is 4. The van der Waals surface area contributed by atoms with Gasteiger partial charge < -0.3 is 4.42 Å². The van der Waals surface area contributed by atoms with Crippen molar-refractivity contribution in [3.8, 4) is 0 Å². The normalized spacial score (nSPS) is 25.0. The molecule has 0 spiro atoms. The van der Waals surface area contributed by atoms with E-state index in [0.29, 0.717) is 18.1 Å². The molecule has 1 aromatic heterocycles. The van der Waals surface area contributed by atoms with Gasteiger partial charge in [0.25, 0.3) is 0 Å². The van der Waals surface area contributed by atoms with Crippen molar-refractivity contribution >= 4 is 29.1 Å². The molecule has 1 saturated carbocycles. The Balaban J connectivity index is 1.49. The molecule has 0 N–H and O–H groups in total. The van der Waals surface area contributed by atoms with Crippen molar-refractivity contribution in [1.29, 1.82) is 0 Å². The molecule has 2 atom stereocenters. The number of alkyl halides is 2. The van der Waals surface area contributed by atoms with E-state index < -0.39 is 5.92 Å². The zero-order valence-corrected chi connectivity index (χ0v) is 17.4. The number of aromatic nitrogens is 1. The third kappa shape index (κ3) is 4.19. The Morgan fingerprint density at radius 2 is 2.14 bits per heavy atom. The van der Waals surface area contributed by atoms with Crippen LogP contribution >= 0.6 is 11.8 Å². The van der Waals surface area contributed by atoms with Gasteiger partial charge in [0.1, 0.15) is 5.52 Å². The maximum absolute atomic E-state index is 14.1. The quantitative estimate of drug-likeness (QED) is 0.661. The van der Waals surface area contributed by atoms with Gasteiger partial charge in [0, 0.05) is 37.3 Å². The van der Waals surface area contributed by atoms with Gasteiger partial charge in [-0.05, 0) is 29.5 Å². The summed E-state index contributed by atoms with van der Waals surface area (Å²) in [6.45, 7) is 7.31. The molecule has 2 aromatic rings. The van der Waals surface area contributed by atoms with E-state index in [2.05, 4.69) is 43.0 Å². The average molecular weight is 408 g/mol. The highest BCUT2D eigenvalue weighted by atomic mass is 32.2. The van der Waals surface area contributed by atoms with Gasteiger partial charge in [-0.2, -0.15) is 5.10 Å². The van der Waals surface area contributed by atoms with Gasteiger partial charge in [0.05, 0.1) is 11.8 Å². The van der Waals surface area contributed by atoms with Crippen LogP contribution in [0.2, 0.25) is 0 Å². The summed E-state index contributed by atoms with van der Waals surface area (Å²) in [5.74, 6) is -1.50. The van der Waals surface area contributed by atoms with E-state index in [1.807, 2.05) is 17.3 Å². The van der Waals surface area contributed by atoms with E-state index >= 15 is 0 Å². The number of halogens is 2. The van der Waals surface area contributed by atoms with Crippen molar-refractivity contribution in [1.82, 2.24) is 9.99 Å². The fourth-order valence-corrected chi connectivity index (χ4v) is 5.27. The van der Waals surface area contributed by atoms with Crippen LogP contribution in [0.25, 0.3) is 11.1 Å². The molecule has 2 aliphatic rings. The summed E-state index contributed by atoms with van der Waals surface area (Å²) in [5.41, 5.74) is 2.82. The first-order valence-electron chi connectivity index (χ1n) is 9.90. The van der Waals surface area contributed by atoms with Crippen LogP contribution in [0, 0.1) is 0 Å². The molecule has 1 fully saturated rings. The van der Waals surface area contributed by atoms with Crippen LogP contribution in [0.1, 0.15) is 57.9 Å². The van der Waals surface area contributed by atoms with Gasteiger partial charge in [-0.25, -0.2) is 13.8 Å². The van der Waals surface area contributed by atoms with E-state index in [9.17, 15) is 8.78 Å². The molecule has 0 saturated heterocycles. The maximum atomic E-state index is 14.1.